The van der Waals surface area contributed by atoms with Gasteiger partial charge in [-0.05, 0) is 45.1 Å². The maximum absolute atomic E-state index is 3.80. The lowest BCUT2D eigenvalue weighted by Crippen LogP contribution is -2.01. The van der Waals surface area contributed by atoms with Crippen LogP contribution >= 0.6 is 15.9 Å². The molecule has 0 aromatic carbocycles. The molecule has 54 valence electrons. The van der Waals surface area contributed by atoms with E-state index in [2.05, 4.69) is 31.5 Å². The molecule has 1 fully saturated rings. The molecule has 0 aliphatic heterocycles. The van der Waals surface area contributed by atoms with Crippen molar-refractivity contribution in [2.45, 2.75) is 19.4 Å². The van der Waals surface area contributed by atoms with Crippen molar-refractivity contribution in [3.8, 4) is 0 Å². The number of tetrazole rings is 1. The molecular formula is C5H7BrN4. The van der Waals surface area contributed by atoms with Crippen molar-refractivity contribution in [1.82, 2.24) is 20.2 Å². The SMILES string of the molecule is Brc1nnnn1CC1CC1. The Kier molecular flexibility index (Phi) is 1.44. The fourth-order valence-corrected chi connectivity index (χ4v) is 1.14. The lowest BCUT2D eigenvalue weighted by atomic mass is 10.4. The Morgan fingerprint density at radius 1 is 1.60 bits per heavy atom. The van der Waals surface area contributed by atoms with Crippen LogP contribution in [-0.2, 0) is 6.54 Å². The molecule has 0 unspecified atom stereocenters. The van der Waals surface area contributed by atoms with Gasteiger partial charge in [-0.15, -0.1) is 5.10 Å². The van der Waals surface area contributed by atoms with E-state index in [1.807, 2.05) is 0 Å². The van der Waals surface area contributed by atoms with Crippen LogP contribution in [0.15, 0.2) is 4.73 Å². The smallest absolute Gasteiger partial charge is 0.218 e. The summed E-state index contributed by atoms with van der Waals surface area (Å²) in [5.41, 5.74) is 0. The second kappa shape index (κ2) is 2.30. The van der Waals surface area contributed by atoms with Crippen LogP contribution in [0.2, 0.25) is 0 Å². The Labute approximate surface area is 66.7 Å². The summed E-state index contributed by atoms with van der Waals surface area (Å²) in [6, 6.07) is 0. The van der Waals surface area contributed by atoms with E-state index in [-0.39, 0.29) is 0 Å². The van der Waals surface area contributed by atoms with E-state index < -0.39 is 0 Å². The highest BCUT2D eigenvalue weighted by Crippen LogP contribution is 2.30. The van der Waals surface area contributed by atoms with Crippen molar-refractivity contribution in [3.05, 3.63) is 4.73 Å². The van der Waals surface area contributed by atoms with Gasteiger partial charge in [0.2, 0.25) is 4.73 Å². The van der Waals surface area contributed by atoms with E-state index in [0.29, 0.717) is 0 Å². The highest BCUT2D eigenvalue weighted by atomic mass is 79.9. The molecule has 0 spiro atoms. The van der Waals surface area contributed by atoms with Crippen molar-refractivity contribution in [3.63, 3.8) is 0 Å². The summed E-state index contributed by atoms with van der Waals surface area (Å²) >= 11 is 3.25. The van der Waals surface area contributed by atoms with Crippen molar-refractivity contribution >= 4 is 15.9 Å². The summed E-state index contributed by atoms with van der Waals surface area (Å²) in [6.45, 7) is 0.966. The zero-order valence-corrected chi connectivity index (χ0v) is 6.95. The van der Waals surface area contributed by atoms with Gasteiger partial charge in [-0.3, -0.25) is 0 Å². The van der Waals surface area contributed by atoms with E-state index in [0.717, 1.165) is 17.2 Å². The van der Waals surface area contributed by atoms with E-state index in [1.54, 1.807) is 4.68 Å². The molecule has 1 heterocycles. The molecule has 1 aliphatic rings. The molecule has 0 radical (unpaired) electrons. The number of nitrogens with zero attached hydrogens (tertiary/aromatic N) is 4. The summed E-state index contributed by atoms with van der Waals surface area (Å²) in [6.07, 6.45) is 2.65. The van der Waals surface area contributed by atoms with Gasteiger partial charge < -0.3 is 0 Å². The molecule has 0 amide bonds. The number of rotatable bonds is 2. The third-order valence-corrected chi connectivity index (χ3v) is 2.18. The van der Waals surface area contributed by atoms with Crippen LogP contribution < -0.4 is 0 Å². The molecule has 1 aromatic rings. The van der Waals surface area contributed by atoms with Crippen molar-refractivity contribution < 1.29 is 0 Å². The van der Waals surface area contributed by atoms with Gasteiger partial charge in [0.25, 0.3) is 0 Å². The van der Waals surface area contributed by atoms with Crippen LogP contribution in [0.1, 0.15) is 12.8 Å². The minimum absolute atomic E-state index is 0.736. The lowest BCUT2D eigenvalue weighted by molar-refractivity contribution is 0.535. The Hall–Kier alpha value is -0.450. The second-order valence-electron chi connectivity index (χ2n) is 2.57. The number of hydrogen-bond acceptors (Lipinski definition) is 3. The molecule has 4 nitrogen and oxygen atoms in total. The summed E-state index contributed by atoms with van der Waals surface area (Å²) in [7, 11) is 0. The molecule has 5 heteroatoms. The maximum Gasteiger partial charge on any atom is 0.218 e. The van der Waals surface area contributed by atoms with Gasteiger partial charge in [0.05, 0.1) is 0 Å². The molecule has 0 saturated heterocycles. The summed E-state index contributed by atoms with van der Waals surface area (Å²) in [4.78, 5) is 0. The first-order valence-electron chi connectivity index (χ1n) is 3.28. The highest BCUT2D eigenvalue weighted by molar-refractivity contribution is 9.10. The van der Waals surface area contributed by atoms with Crippen LogP contribution in [0.5, 0.6) is 0 Å². The predicted molar refractivity (Wildman–Crippen MR) is 38.2 cm³/mol. The third-order valence-electron chi connectivity index (χ3n) is 1.62. The Bertz CT molecular complexity index is 229. The highest BCUT2D eigenvalue weighted by Gasteiger charge is 2.23. The Morgan fingerprint density at radius 3 is 2.90 bits per heavy atom. The van der Waals surface area contributed by atoms with Gasteiger partial charge in [-0.2, -0.15) is 0 Å². The van der Waals surface area contributed by atoms with E-state index in [4.69, 9.17) is 0 Å². The molecular weight excluding hydrogens is 196 g/mol. The van der Waals surface area contributed by atoms with Crippen LogP contribution in [0, 0.1) is 5.92 Å². The molecule has 0 atom stereocenters. The zero-order valence-electron chi connectivity index (χ0n) is 5.37. The topological polar surface area (TPSA) is 43.6 Å². The lowest BCUT2D eigenvalue weighted by Gasteiger charge is -1.94. The largest absolute Gasteiger partial charge is 0.220 e. The third kappa shape index (κ3) is 1.18. The van der Waals surface area contributed by atoms with E-state index in [9.17, 15) is 0 Å². The number of hydrogen-bond donors (Lipinski definition) is 0. The monoisotopic (exact) mass is 202 g/mol. The molecule has 1 aliphatic carbocycles. The quantitative estimate of drug-likeness (QED) is 0.715. The van der Waals surface area contributed by atoms with Crippen molar-refractivity contribution in [2.75, 3.05) is 0 Å². The normalized spacial score (nSPS) is 17.7. The zero-order chi connectivity index (χ0) is 6.97. The van der Waals surface area contributed by atoms with Crippen molar-refractivity contribution in [2.24, 2.45) is 5.92 Å². The standard InChI is InChI=1S/C5H7BrN4/c6-5-7-8-9-10(5)3-4-1-2-4/h4H,1-3H2. The van der Waals surface area contributed by atoms with Crippen LogP contribution in [0.25, 0.3) is 0 Å². The summed E-state index contributed by atoms with van der Waals surface area (Å²) in [5, 5.41) is 11.0. The Morgan fingerprint density at radius 2 is 2.40 bits per heavy atom. The molecule has 10 heavy (non-hydrogen) atoms. The first-order chi connectivity index (χ1) is 4.86. The Balaban J connectivity index is 2.08. The van der Waals surface area contributed by atoms with Gasteiger partial charge in [-0.25, -0.2) is 4.68 Å². The molecule has 0 N–H and O–H groups in total. The van der Waals surface area contributed by atoms with E-state index >= 15 is 0 Å². The fraction of sp³-hybridized carbons (Fsp3) is 0.800. The average Bonchev–Trinajstić information content (AvgIpc) is 2.62. The average molecular weight is 203 g/mol. The molecule has 1 aromatic heterocycles. The van der Waals surface area contributed by atoms with Gasteiger partial charge in [-0.1, -0.05) is 0 Å². The van der Waals surface area contributed by atoms with Gasteiger partial charge in [0.1, 0.15) is 0 Å². The number of aromatic nitrogens is 4. The van der Waals surface area contributed by atoms with E-state index in [1.165, 1.54) is 12.8 Å². The van der Waals surface area contributed by atoms with Crippen LogP contribution in [0.3, 0.4) is 0 Å². The first-order valence-corrected chi connectivity index (χ1v) is 4.07. The number of halogens is 1. The van der Waals surface area contributed by atoms with Crippen LogP contribution in [0.4, 0.5) is 0 Å². The van der Waals surface area contributed by atoms with Crippen LogP contribution in [-0.4, -0.2) is 20.2 Å². The summed E-state index contributed by atoms with van der Waals surface area (Å²) < 4.78 is 2.52. The van der Waals surface area contributed by atoms with Crippen molar-refractivity contribution in [1.29, 1.82) is 0 Å². The predicted octanol–water partition coefficient (Wildman–Crippen LogP) is 0.846. The maximum atomic E-state index is 3.80. The molecule has 1 saturated carbocycles. The van der Waals surface area contributed by atoms with Gasteiger partial charge in [0.15, 0.2) is 0 Å². The minimum atomic E-state index is 0.736. The molecule has 0 bridgehead atoms. The minimum Gasteiger partial charge on any atom is -0.220 e. The second-order valence-corrected chi connectivity index (χ2v) is 3.28. The fourth-order valence-electron chi connectivity index (χ4n) is 0.851. The summed E-state index contributed by atoms with van der Waals surface area (Å²) in [5.74, 6) is 0.819. The van der Waals surface area contributed by atoms with Gasteiger partial charge >= 0.3 is 0 Å². The molecule has 2 rings (SSSR count). The van der Waals surface area contributed by atoms with Gasteiger partial charge in [0, 0.05) is 6.54 Å². The first kappa shape index (κ1) is 6.27.